The van der Waals surface area contributed by atoms with E-state index < -0.39 is 17.8 Å². The minimum Gasteiger partial charge on any atom is -0.509 e. The standard InChI is InChI=1S/C25H26Cl2N2O6/c26-19-12-9-17(14-20(19)27)29-15-21(30)23(25(29)34)24(33)28-16-7-10-18(11-8-16)35-13-5-3-1-2-4-6-22(31)32/h7-12,14,30H,1-6,13,15H2,(H,28,33)(H,31,32). The number of unbranched alkanes of at least 4 members (excludes halogenated alkanes) is 4. The highest BCUT2D eigenvalue weighted by Crippen LogP contribution is 2.31. The summed E-state index contributed by atoms with van der Waals surface area (Å²) in [5.74, 6) is -1.81. The predicted molar refractivity (Wildman–Crippen MR) is 134 cm³/mol. The minimum atomic E-state index is -0.762. The van der Waals surface area contributed by atoms with Gasteiger partial charge in [0.25, 0.3) is 11.8 Å². The molecule has 0 saturated heterocycles. The molecule has 0 unspecified atom stereocenters. The summed E-state index contributed by atoms with van der Waals surface area (Å²) in [4.78, 5) is 37.2. The Morgan fingerprint density at radius 2 is 1.66 bits per heavy atom. The van der Waals surface area contributed by atoms with Gasteiger partial charge in [0.1, 0.15) is 17.1 Å². The summed E-state index contributed by atoms with van der Waals surface area (Å²) >= 11 is 11.9. The van der Waals surface area contributed by atoms with Crippen molar-refractivity contribution in [3.05, 3.63) is 63.8 Å². The van der Waals surface area contributed by atoms with Crippen LogP contribution in [0.5, 0.6) is 5.75 Å². The first-order valence-corrected chi connectivity index (χ1v) is 12.0. The second-order valence-electron chi connectivity index (χ2n) is 8.05. The number of halogens is 2. The fourth-order valence-corrected chi connectivity index (χ4v) is 3.87. The van der Waals surface area contributed by atoms with E-state index in [9.17, 15) is 19.5 Å². The normalized spacial score (nSPS) is 13.3. The number of carbonyl (C=O) groups excluding carboxylic acids is 2. The Kier molecular flexibility index (Phi) is 9.39. The molecule has 0 spiro atoms. The maximum atomic E-state index is 12.8. The number of nitrogens with one attached hydrogen (secondary N) is 1. The van der Waals surface area contributed by atoms with Crippen LogP contribution >= 0.6 is 23.2 Å². The van der Waals surface area contributed by atoms with Crippen molar-refractivity contribution in [3.63, 3.8) is 0 Å². The zero-order chi connectivity index (χ0) is 25.4. The number of carboxylic acid groups (broad SMARTS) is 1. The number of benzene rings is 2. The summed E-state index contributed by atoms with van der Waals surface area (Å²) in [7, 11) is 0. The van der Waals surface area contributed by atoms with Crippen LogP contribution in [-0.4, -0.2) is 41.1 Å². The summed E-state index contributed by atoms with van der Waals surface area (Å²) in [5.41, 5.74) is 0.530. The molecule has 1 aliphatic heterocycles. The molecule has 0 saturated carbocycles. The number of aliphatic hydroxyl groups excluding tert-OH is 1. The molecule has 186 valence electrons. The van der Waals surface area contributed by atoms with E-state index in [1.807, 2.05) is 0 Å². The van der Waals surface area contributed by atoms with Crippen molar-refractivity contribution in [3.8, 4) is 5.75 Å². The third kappa shape index (κ3) is 7.37. The van der Waals surface area contributed by atoms with Crippen LogP contribution in [0.15, 0.2) is 53.8 Å². The van der Waals surface area contributed by atoms with Gasteiger partial charge in [0.15, 0.2) is 0 Å². The van der Waals surface area contributed by atoms with Gasteiger partial charge < -0.3 is 25.2 Å². The van der Waals surface area contributed by atoms with Crippen molar-refractivity contribution >= 4 is 52.4 Å². The lowest BCUT2D eigenvalue weighted by atomic mass is 10.1. The number of amides is 2. The molecule has 0 bridgehead atoms. The molecule has 0 aliphatic carbocycles. The van der Waals surface area contributed by atoms with Crippen molar-refractivity contribution < 1.29 is 29.3 Å². The van der Waals surface area contributed by atoms with Gasteiger partial charge >= 0.3 is 5.97 Å². The highest BCUT2D eigenvalue weighted by Gasteiger charge is 2.36. The number of anilines is 2. The first-order valence-electron chi connectivity index (χ1n) is 11.2. The Morgan fingerprint density at radius 3 is 2.34 bits per heavy atom. The van der Waals surface area contributed by atoms with Crippen molar-refractivity contribution in [1.82, 2.24) is 0 Å². The molecule has 0 aromatic heterocycles. The molecular formula is C25H26Cl2N2O6. The van der Waals surface area contributed by atoms with Gasteiger partial charge in [0.2, 0.25) is 0 Å². The monoisotopic (exact) mass is 520 g/mol. The largest absolute Gasteiger partial charge is 0.509 e. The Balaban J connectivity index is 1.46. The van der Waals surface area contributed by atoms with E-state index in [-0.39, 0.29) is 29.3 Å². The molecule has 3 N–H and O–H groups in total. The first-order chi connectivity index (χ1) is 16.8. The number of aliphatic carboxylic acids is 1. The Morgan fingerprint density at radius 1 is 0.971 bits per heavy atom. The molecule has 2 aromatic carbocycles. The average molecular weight is 521 g/mol. The minimum absolute atomic E-state index is 0.147. The molecule has 0 atom stereocenters. The number of carbonyl (C=O) groups is 3. The number of ether oxygens (including phenoxy) is 1. The van der Waals surface area contributed by atoms with Crippen LogP contribution in [0.2, 0.25) is 10.0 Å². The molecular weight excluding hydrogens is 495 g/mol. The molecule has 0 radical (unpaired) electrons. The zero-order valence-electron chi connectivity index (χ0n) is 18.9. The van der Waals surface area contributed by atoms with Gasteiger partial charge in [-0.2, -0.15) is 0 Å². The zero-order valence-corrected chi connectivity index (χ0v) is 20.4. The third-order valence-electron chi connectivity index (χ3n) is 5.41. The van der Waals surface area contributed by atoms with Gasteiger partial charge in [-0.15, -0.1) is 0 Å². The van der Waals surface area contributed by atoms with E-state index in [1.54, 1.807) is 30.3 Å². The molecule has 10 heteroatoms. The highest BCUT2D eigenvalue weighted by atomic mass is 35.5. The molecule has 0 fully saturated rings. The Bertz CT molecular complexity index is 1120. The van der Waals surface area contributed by atoms with Crippen LogP contribution < -0.4 is 15.0 Å². The summed E-state index contributed by atoms with van der Waals surface area (Å²) in [5, 5.41) is 22.1. The van der Waals surface area contributed by atoms with Gasteiger partial charge in [0, 0.05) is 17.8 Å². The topological polar surface area (TPSA) is 116 Å². The molecule has 2 amide bonds. The van der Waals surface area contributed by atoms with Crippen LogP contribution in [0.1, 0.15) is 38.5 Å². The fraction of sp³-hybridized carbons (Fsp3) is 0.320. The number of aliphatic hydroxyl groups is 1. The highest BCUT2D eigenvalue weighted by molar-refractivity contribution is 6.42. The Labute approximate surface area is 213 Å². The van der Waals surface area contributed by atoms with E-state index in [2.05, 4.69) is 5.32 Å². The van der Waals surface area contributed by atoms with Gasteiger partial charge in [-0.3, -0.25) is 14.4 Å². The van der Waals surface area contributed by atoms with E-state index in [4.69, 9.17) is 33.0 Å². The first kappa shape index (κ1) is 26.4. The van der Waals surface area contributed by atoms with Crippen LogP contribution in [0.4, 0.5) is 11.4 Å². The number of carboxylic acids is 1. The summed E-state index contributed by atoms with van der Waals surface area (Å²) in [6.07, 6.45) is 4.57. The predicted octanol–water partition coefficient (Wildman–Crippen LogP) is 5.59. The summed E-state index contributed by atoms with van der Waals surface area (Å²) < 4.78 is 5.69. The van der Waals surface area contributed by atoms with Crippen molar-refractivity contribution in [2.24, 2.45) is 0 Å². The van der Waals surface area contributed by atoms with Crippen molar-refractivity contribution in [1.29, 1.82) is 0 Å². The molecule has 35 heavy (non-hydrogen) atoms. The van der Waals surface area contributed by atoms with Gasteiger partial charge in [-0.25, -0.2) is 0 Å². The van der Waals surface area contributed by atoms with Gasteiger partial charge in [-0.1, -0.05) is 42.5 Å². The van der Waals surface area contributed by atoms with E-state index in [0.29, 0.717) is 35.2 Å². The Hall–Kier alpha value is -3.23. The lowest BCUT2D eigenvalue weighted by Gasteiger charge is -2.17. The van der Waals surface area contributed by atoms with Crippen LogP contribution in [0.25, 0.3) is 0 Å². The maximum absolute atomic E-state index is 12.8. The van der Waals surface area contributed by atoms with Crippen molar-refractivity contribution in [2.45, 2.75) is 38.5 Å². The van der Waals surface area contributed by atoms with Gasteiger partial charge in [-0.05, 0) is 55.3 Å². The number of rotatable bonds is 12. The van der Waals surface area contributed by atoms with Gasteiger partial charge in [0.05, 0.1) is 23.2 Å². The lowest BCUT2D eigenvalue weighted by Crippen LogP contribution is -2.30. The average Bonchev–Trinajstić information content (AvgIpc) is 3.12. The molecule has 1 aliphatic rings. The fourth-order valence-electron chi connectivity index (χ4n) is 3.58. The number of hydrogen-bond acceptors (Lipinski definition) is 5. The van der Waals surface area contributed by atoms with Crippen LogP contribution in [0.3, 0.4) is 0 Å². The van der Waals surface area contributed by atoms with E-state index >= 15 is 0 Å². The van der Waals surface area contributed by atoms with Crippen LogP contribution in [-0.2, 0) is 14.4 Å². The molecule has 1 heterocycles. The maximum Gasteiger partial charge on any atom is 0.303 e. The smallest absolute Gasteiger partial charge is 0.303 e. The lowest BCUT2D eigenvalue weighted by molar-refractivity contribution is -0.137. The van der Waals surface area contributed by atoms with Crippen molar-refractivity contribution in [2.75, 3.05) is 23.4 Å². The third-order valence-corrected chi connectivity index (χ3v) is 6.15. The quantitative estimate of drug-likeness (QED) is 0.248. The van der Waals surface area contributed by atoms with E-state index in [0.717, 1.165) is 25.7 Å². The summed E-state index contributed by atoms with van der Waals surface area (Å²) in [6, 6.07) is 11.3. The summed E-state index contributed by atoms with van der Waals surface area (Å²) in [6.45, 7) is 0.385. The number of nitrogens with zero attached hydrogens (tertiary/aromatic N) is 1. The molecule has 2 aromatic rings. The second-order valence-corrected chi connectivity index (χ2v) is 8.86. The molecule has 8 nitrogen and oxygen atoms in total. The number of hydrogen-bond donors (Lipinski definition) is 3. The second kappa shape index (κ2) is 12.5. The van der Waals surface area contributed by atoms with E-state index in [1.165, 1.54) is 17.0 Å². The SMILES string of the molecule is O=C(O)CCCCCCCOc1ccc(NC(=O)C2=C(O)CN(c3ccc(Cl)c(Cl)c3)C2=O)cc1. The van der Waals surface area contributed by atoms with Crippen LogP contribution in [0, 0.1) is 0 Å². The molecule has 3 rings (SSSR count).